The van der Waals surface area contributed by atoms with E-state index in [1.54, 1.807) is 0 Å². The average Bonchev–Trinajstić information content (AvgIpc) is 2.64. The molecule has 4 rings (SSSR count). The van der Waals surface area contributed by atoms with E-state index >= 15 is 0 Å². The maximum atomic E-state index is 6.32. The molecule has 0 spiro atoms. The van der Waals surface area contributed by atoms with Crippen LogP contribution in [0.5, 0.6) is 0 Å². The van der Waals surface area contributed by atoms with E-state index in [1.807, 2.05) is 18.2 Å². The molecule has 1 aliphatic carbocycles. The van der Waals surface area contributed by atoms with Gasteiger partial charge in [-0.3, -0.25) is 4.90 Å². The van der Waals surface area contributed by atoms with Gasteiger partial charge in [-0.2, -0.15) is 0 Å². The zero-order valence-corrected chi connectivity index (χ0v) is 15.9. The highest BCUT2D eigenvalue weighted by atomic mass is 35.5. The molecule has 2 aliphatic rings. The topological polar surface area (TPSA) is 29.0 Å². The van der Waals surface area contributed by atoms with Crippen molar-refractivity contribution in [3.8, 4) is 0 Å². The number of hydrogen-bond acceptors (Lipinski definition) is 3. The Morgan fingerprint density at radius 3 is 2.76 bits per heavy atom. The lowest BCUT2D eigenvalue weighted by Gasteiger charge is -2.29. The van der Waals surface area contributed by atoms with Gasteiger partial charge >= 0.3 is 0 Å². The molecule has 0 N–H and O–H groups in total. The monoisotopic (exact) mass is 375 g/mol. The third-order valence-corrected chi connectivity index (χ3v) is 6.00. The molecule has 132 valence electrons. The van der Waals surface area contributed by atoms with Crippen molar-refractivity contribution in [2.75, 3.05) is 6.54 Å². The number of fused-ring (bicyclic) bond motifs is 1. The van der Waals surface area contributed by atoms with Crippen LogP contribution in [0.15, 0.2) is 24.4 Å². The molecule has 3 nitrogen and oxygen atoms in total. The Hall–Kier alpha value is -1.16. The van der Waals surface area contributed by atoms with Gasteiger partial charge in [0.05, 0.1) is 0 Å². The Morgan fingerprint density at radius 1 is 1.12 bits per heavy atom. The van der Waals surface area contributed by atoms with Crippen molar-refractivity contribution in [2.24, 2.45) is 0 Å². The Kier molecular flexibility index (Phi) is 5.25. The van der Waals surface area contributed by atoms with E-state index in [-0.39, 0.29) is 0 Å². The number of aromatic nitrogens is 2. The van der Waals surface area contributed by atoms with Gasteiger partial charge in [0.1, 0.15) is 5.82 Å². The molecule has 1 fully saturated rings. The molecule has 25 heavy (non-hydrogen) atoms. The predicted octanol–water partition coefficient (Wildman–Crippen LogP) is 5.39. The molecule has 0 bridgehead atoms. The lowest BCUT2D eigenvalue weighted by Crippen LogP contribution is -2.31. The second kappa shape index (κ2) is 7.61. The van der Waals surface area contributed by atoms with E-state index in [9.17, 15) is 0 Å². The molecule has 1 aliphatic heterocycles. The van der Waals surface area contributed by atoms with Crippen LogP contribution in [0, 0.1) is 0 Å². The van der Waals surface area contributed by atoms with Crippen molar-refractivity contribution in [2.45, 2.75) is 57.5 Å². The quantitative estimate of drug-likeness (QED) is 0.719. The normalized spacial score (nSPS) is 19.0. The van der Waals surface area contributed by atoms with Crippen LogP contribution in [0.3, 0.4) is 0 Å². The van der Waals surface area contributed by atoms with Crippen LogP contribution in [0.1, 0.15) is 60.7 Å². The molecular formula is C20H23Cl2N3. The van der Waals surface area contributed by atoms with Crippen LogP contribution < -0.4 is 0 Å². The molecule has 0 amide bonds. The number of nitrogens with zero attached hydrogens (tertiary/aromatic N) is 3. The summed E-state index contributed by atoms with van der Waals surface area (Å²) in [6.07, 6.45) is 9.55. The zero-order valence-electron chi connectivity index (χ0n) is 14.3. The van der Waals surface area contributed by atoms with E-state index in [4.69, 9.17) is 33.2 Å². The first-order chi connectivity index (χ1) is 12.2. The Morgan fingerprint density at radius 2 is 1.96 bits per heavy atom. The summed E-state index contributed by atoms with van der Waals surface area (Å²) in [6.45, 7) is 2.73. The minimum Gasteiger partial charge on any atom is -0.294 e. The summed E-state index contributed by atoms with van der Waals surface area (Å²) in [4.78, 5) is 12.0. The fourth-order valence-corrected chi connectivity index (χ4v) is 4.44. The Bertz CT molecular complexity index is 757. The summed E-state index contributed by atoms with van der Waals surface area (Å²) in [7, 11) is 0. The average molecular weight is 376 g/mol. The summed E-state index contributed by atoms with van der Waals surface area (Å²) in [5.74, 6) is 1.65. The smallest absolute Gasteiger partial charge is 0.131 e. The minimum atomic E-state index is 0.574. The van der Waals surface area contributed by atoms with Gasteiger partial charge in [-0.15, -0.1) is 0 Å². The fourth-order valence-electron chi connectivity index (χ4n) is 3.97. The first-order valence-electron chi connectivity index (χ1n) is 9.20. The summed E-state index contributed by atoms with van der Waals surface area (Å²) in [6, 6.07) is 5.74. The zero-order chi connectivity index (χ0) is 17.2. The molecule has 2 aromatic rings. The highest BCUT2D eigenvalue weighted by Gasteiger charge is 2.23. The van der Waals surface area contributed by atoms with E-state index in [1.165, 1.54) is 43.4 Å². The lowest BCUT2D eigenvalue weighted by molar-refractivity contribution is 0.242. The predicted molar refractivity (Wildman–Crippen MR) is 102 cm³/mol. The molecule has 5 heteroatoms. The molecule has 1 aromatic heterocycles. The maximum Gasteiger partial charge on any atom is 0.131 e. The van der Waals surface area contributed by atoms with Crippen LogP contribution >= 0.6 is 23.2 Å². The highest BCUT2D eigenvalue weighted by Crippen LogP contribution is 2.31. The van der Waals surface area contributed by atoms with E-state index in [0.717, 1.165) is 42.5 Å². The second-order valence-electron chi connectivity index (χ2n) is 7.23. The summed E-state index contributed by atoms with van der Waals surface area (Å²) in [5.41, 5.74) is 3.62. The lowest BCUT2D eigenvalue weighted by atomic mass is 9.88. The molecule has 1 aromatic carbocycles. The molecule has 0 radical (unpaired) electrons. The number of benzene rings is 1. The van der Waals surface area contributed by atoms with E-state index in [2.05, 4.69) is 11.1 Å². The fraction of sp³-hybridized carbons (Fsp3) is 0.500. The molecule has 2 heterocycles. The van der Waals surface area contributed by atoms with Gasteiger partial charge in [0.25, 0.3) is 0 Å². The van der Waals surface area contributed by atoms with Gasteiger partial charge in [0.2, 0.25) is 0 Å². The van der Waals surface area contributed by atoms with Gasteiger partial charge in [-0.05, 0) is 30.5 Å². The van der Waals surface area contributed by atoms with Crippen LogP contribution in [-0.2, 0) is 19.5 Å². The van der Waals surface area contributed by atoms with Gasteiger partial charge in [0.15, 0.2) is 0 Å². The van der Waals surface area contributed by atoms with Crippen LogP contribution in [0.2, 0.25) is 10.0 Å². The first-order valence-corrected chi connectivity index (χ1v) is 9.95. The Balaban J connectivity index is 1.46. The van der Waals surface area contributed by atoms with Crippen LogP contribution in [0.4, 0.5) is 0 Å². The first kappa shape index (κ1) is 17.3. The second-order valence-corrected chi connectivity index (χ2v) is 8.08. The van der Waals surface area contributed by atoms with Crippen molar-refractivity contribution in [3.63, 3.8) is 0 Å². The van der Waals surface area contributed by atoms with Crippen molar-refractivity contribution < 1.29 is 0 Å². The molecule has 0 saturated heterocycles. The molecule has 1 saturated carbocycles. The number of rotatable bonds is 3. The van der Waals surface area contributed by atoms with E-state index < -0.39 is 0 Å². The number of halogens is 2. The standard InChI is InChI=1S/C20H23Cl2N3/c21-17-7-6-15(18(22)10-17)12-25-9-8-19-16(13-25)11-23-20(24-19)14-4-2-1-3-5-14/h6-7,10-11,14H,1-5,8-9,12-13H2. The van der Waals surface area contributed by atoms with Gasteiger partial charge in [-0.25, -0.2) is 9.97 Å². The summed E-state index contributed by atoms with van der Waals surface area (Å²) in [5, 5.41) is 1.42. The minimum absolute atomic E-state index is 0.574. The van der Waals surface area contributed by atoms with Crippen LogP contribution in [-0.4, -0.2) is 21.4 Å². The van der Waals surface area contributed by atoms with Crippen molar-refractivity contribution >= 4 is 23.2 Å². The molecular weight excluding hydrogens is 353 g/mol. The number of hydrogen-bond donors (Lipinski definition) is 0. The third-order valence-electron chi connectivity index (χ3n) is 5.41. The van der Waals surface area contributed by atoms with Gasteiger partial charge < -0.3 is 0 Å². The van der Waals surface area contributed by atoms with Gasteiger partial charge in [-0.1, -0.05) is 48.5 Å². The molecule has 0 unspecified atom stereocenters. The summed E-state index contributed by atoms with van der Waals surface area (Å²) < 4.78 is 0. The third kappa shape index (κ3) is 3.99. The SMILES string of the molecule is Clc1ccc(CN2CCc3nc(C4CCCCC4)ncc3C2)c(Cl)c1. The van der Waals surface area contributed by atoms with Crippen molar-refractivity contribution in [1.82, 2.24) is 14.9 Å². The highest BCUT2D eigenvalue weighted by molar-refractivity contribution is 6.35. The molecule has 0 atom stereocenters. The summed E-state index contributed by atoms with van der Waals surface area (Å²) >= 11 is 12.3. The van der Waals surface area contributed by atoms with E-state index in [0.29, 0.717) is 10.9 Å². The maximum absolute atomic E-state index is 6.32. The van der Waals surface area contributed by atoms with Crippen molar-refractivity contribution in [1.29, 1.82) is 0 Å². The largest absolute Gasteiger partial charge is 0.294 e. The van der Waals surface area contributed by atoms with Crippen LogP contribution in [0.25, 0.3) is 0 Å². The van der Waals surface area contributed by atoms with Gasteiger partial charge in [0, 0.05) is 59.5 Å². The van der Waals surface area contributed by atoms with Crippen molar-refractivity contribution in [3.05, 3.63) is 57.1 Å². The Labute approximate surface area is 159 Å².